The Labute approximate surface area is 67.2 Å². The Kier molecular flexibility index (Phi) is 7.98. The molecule has 0 unspecified atom stereocenters. The standard InChI is InChI=1S/C5H10Si.CH3I/c1-5-6(2,3)4;1-2/h1H,2-4H3;1H3. The van der Waals surface area contributed by atoms with Crippen molar-refractivity contribution in [2.45, 2.75) is 19.6 Å². The molecule has 0 aliphatic heterocycles. The highest BCUT2D eigenvalue weighted by Crippen LogP contribution is 1.94. The first kappa shape index (κ1) is 11.3. The van der Waals surface area contributed by atoms with Crippen LogP contribution in [0.3, 0.4) is 0 Å². The summed E-state index contributed by atoms with van der Waals surface area (Å²) in [7, 11) is -1.10. The first-order valence-electron chi connectivity index (χ1n) is 2.42. The molecular weight excluding hydrogens is 227 g/mol. The van der Waals surface area contributed by atoms with E-state index in [1.54, 1.807) is 0 Å². The van der Waals surface area contributed by atoms with Crippen molar-refractivity contribution in [3.8, 4) is 12.0 Å². The van der Waals surface area contributed by atoms with Gasteiger partial charge in [0.1, 0.15) is 8.07 Å². The molecule has 0 fully saturated rings. The zero-order chi connectivity index (χ0) is 7.21. The van der Waals surface area contributed by atoms with Crippen molar-refractivity contribution in [3.63, 3.8) is 0 Å². The van der Waals surface area contributed by atoms with E-state index in [4.69, 9.17) is 6.42 Å². The van der Waals surface area contributed by atoms with Crippen LogP contribution in [0.2, 0.25) is 19.6 Å². The number of rotatable bonds is 0. The minimum Gasteiger partial charge on any atom is -0.135 e. The number of alkyl halides is 1. The number of hydrogen-bond acceptors (Lipinski definition) is 0. The molecule has 0 aromatic rings. The molecule has 0 aromatic heterocycles. The molecule has 0 spiro atoms. The van der Waals surface area contributed by atoms with Crippen LogP contribution in [0.4, 0.5) is 0 Å². The predicted molar refractivity (Wildman–Crippen MR) is 52.1 cm³/mol. The van der Waals surface area contributed by atoms with Crippen LogP contribution in [0.5, 0.6) is 0 Å². The fourth-order valence-corrected chi connectivity index (χ4v) is 0. The van der Waals surface area contributed by atoms with E-state index in [-0.39, 0.29) is 0 Å². The lowest BCUT2D eigenvalue weighted by atomic mass is 11.4. The van der Waals surface area contributed by atoms with Crippen molar-refractivity contribution in [1.29, 1.82) is 0 Å². The predicted octanol–water partition coefficient (Wildman–Crippen LogP) is 2.55. The Hall–Kier alpha value is 0.507. The van der Waals surface area contributed by atoms with Crippen molar-refractivity contribution >= 4 is 30.7 Å². The molecule has 0 aliphatic rings. The van der Waals surface area contributed by atoms with Crippen molar-refractivity contribution < 1.29 is 0 Å². The van der Waals surface area contributed by atoms with E-state index < -0.39 is 8.07 Å². The van der Waals surface area contributed by atoms with Crippen LogP contribution in [0.15, 0.2) is 0 Å². The molecule has 0 aromatic carbocycles. The molecule has 0 radical (unpaired) electrons. The normalized spacial score (nSPS) is 8.50. The Morgan fingerprint density at radius 2 is 1.38 bits per heavy atom. The summed E-state index contributed by atoms with van der Waals surface area (Å²) < 4.78 is 0. The third kappa shape index (κ3) is 16.0. The molecule has 0 saturated heterocycles. The molecule has 0 bridgehead atoms. The van der Waals surface area contributed by atoms with Gasteiger partial charge in [-0.3, -0.25) is 0 Å². The van der Waals surface area contributed by atoms with E-state index in [1.807, 2.05) is 4.93 Å². The smallest absolute Gasteiger partial charge is 0.128 e. The Bertz CT molecular complexity index is 75.5. The largest absolute Gasteiger partial charge is 0.135 e. The average molecular weight is 240 g/mol. The summed E-state index contributed by atoms with van der Waals surface area (Å²) in [6.45, 7) is 6.44. The lowest BCUT2D eigenvalue weighted by Gasteiger charge is -2.00. The monoisotopic (exact) mass is 240 g/mol. The fourth-order valence-electron chi connectivity index (χ4n) is 0. The van der Waals surface area contributed by atoms with Gasteiger partial charge in [0, 0.05) is 0 Å². The van der Waals surface area contributed by atoms with Crippen molar-refractivity contribution in [1.82, 2.24) is 0 Å². The number of terminal acetylenes is 1. The van der Waals surface area contributed by atoms with E-state index in [0.717, 1.165) is 0 Å². The minimum absolute atomic E-state index is 1.10. The summed E-state index contributed by atoms with van der Waals surface area (Å²) in [5.74, 6) is 0. The summed E-state index contributed by atoms with van der Waals surface area (Å²) in [6, 6.07) is 0. The fraction of sp³-hybridized carbons (Fsp3) is 0.667. The zero-order valence-corrected chi connectivity index (χ0v) is 9.11. The summed E-state index contributed by atoms with van der Waals surface area (Å²) in [6.07, 6.45) is 5.12. The maximum atomic E-state index is 5.12. The van der Waals surface area contributed by atoms with Gasteiger partial charge in [-0.25, -0.2) is 0 Å². The van der Waals surface area contributed by atoms with Crippen LogP contribution in [0.1, 0.15) is 0 Å². The minimum atomic E-state index is -1.10. The van der Waals surface area contributed by atoms with Gasteiger partial charge < -0.3 is 0 Å². The highest BCUT2D eigenvalue weighted by atomic mass is 127. The Morgan fingerprint density at radius 3 is 1.38 bits per heavy atom. The second-order valence-electron chi connectivity index (χ2n) is 2.39. The summed E-state index contributed by atoms with van der Waals surface area (Å²) in [5.41, 5.74) is 2.74. The van der Waals surface area contributed by atoms with Crippen LogP contribution in [-0.2, 0) is 0 Å². The summed E-state index contributed by atoms with van der Waals surface area (Å²) in [5, 5.41) is 0. The van der Waals surface area contributed by atoms with Gasteiger partial charge in [0.15, 0.2) is 0 Å². The van der Waals surface area contributed by atoms with E-state index in [2.05, 4.69) is 47.8 Å². The van der Waals surface area contributed by atoms with Gasteiger partial charge in [-0.1, -0.05) is 42.2 Å². The summed E-state index contributed by atoms with van der Waals surface area (Å²) in [4.78, 5) is 1.97. The molecular formula is C6H13ISi. The molecule has 0 N–H and O–H groups in total. The lowest BCUT2D eigenvalue weighted by molar-refractivity contribution is 1.82. The molecule has 0 amide bonds. The Balaban J connectivity index is 0. The maximum Gasteiger partial charge on any atom is 0.128 e. The highest BCUT2D eigenvalue weighted by Gasteiger charge is 2.05. The van der Waals surface area contributed by atoms with Gasteiger partial charge in [0.05, 0.1) is 0 Å². The molecule has 0 saturated carbocycles. The van der Waals surface area contributed by atoms with Crippen LogP contribution >= 0.6 is 22.6 Å². The third-order valence-electron chi connectivity index (χ3n) is 0.433. The third-order valence-corrected chi connectivity index (χ3v) is 1.30. The van der Waals surface area contributed by atoms with Crippen LogP contribution in [0.25, 0.3) is 0 Å². The van der Waals surface area contributed by atoms with E-state index in [1.165, 1.54) is 0 Å². The topological polar surface area (TPSA) is 0 Å². The average Bonchev–Trinajstić information content (AvgIpc) is 1.71. The van der Waals surface area contributed by atoms with Crippen molar-refractivity contribution in [3.05, 3.63) is 0 Å². The van der Waals surface area contributed by atoms with Gasteiger partial charge in [-0.05, 0) is 4.93 Å². The molecule has 0 atom stereocenters. The first-order valence-corrected chi connectivity index (χ1v) is 8.07. The highest BCUT2D eigenvalue weighted by molar-refractivity contribution is 14.1. The van der Waals surface area contributed by atoms with E-state index >= 15 is 0 Å². The van der Waals surface area contributed by atoms with Crippen LogP contribution in [0, 0.1) is 12.0 Å². The molecule has 2 heteroatoms. The second kappa shape index (κ2) is 5.64. The molecule has 0 aliphatic carbocycles. The van der Waals surface area contributed by atoms with E-state index in [9.17, 15) is 0 Å². The van der Waals surface area contributed by atoms with Crippen LogP contribution in [-0.4, -0.2) is 13.0 Å². The quantitative estimate of drug-likeness (QED) is 0.264. The SMILES string of the molecule is C#C[Si](C)(C)C.CI. The second-order valence-corrected chi connectivity index (χ2v) is 7.18. The first-order chi connectivity index (χ1) is 3.56. The molecule has 0 nitrogen and oxygen atoms in total. The van der Waals surface area contributed by atoms with Crippen molar-refractivity contribution in [2.24, 2.45) is 0 Å². The van der Waals surface area contributed by atoms with E-state index in [0.29, 0.717) is 0 Å². The molecule has 0 heterocycles. The number of hydrogen-bond donors (Lipinski definition) is 0. The van der Waals surface area contributed by atoms with Crippen LogP contribution < -0.4 is 0 Å². The summed E-state index contributed by atoms with van der Waals surface area (Å²) >= 11 is 2.15. The van der Waals surface area contributed by atoms with Gasteiger partial charge in [0.25, 0.3) is 0 Å². The lowest BCUT2D eigenvalue weighted by Crippen LogP contribution is -2.15. The Morgan fingerprint density at radius 1 is 1.25 bits per heavy atom. The van der Waals surface area contributed by atoms with Gasteiger partial charge in [-0.2, -0.15) is 0 Å². The zero-order valence-electron chi connectivity index (χ0n) is 5.96. The molecule has 0 rings (SSSR count). The number of halogens is 1. The van der Waals surface area contributed by atoms with Gasteiger partial charge in [0.2, 0.25) is 0 Å². The molecule has 8 heavy (non-hydrogen) atoms. The van der Waals surface area contributed by atoms with Crippen molar-refractivity contribution in [2.75, 3.05) is 4.93 Å². The van der Waals surface area contributed by atoms with Gasteiger partial charge in [-0.15, -0.1) is 12.0 Å². The van der Waals surface area contributed by atoms with Gasteiger partial charge >= 0.3 is 0 Å². The molecule has 48 valence electrons. The maximum absolute atomic E-state index is 5.12.